The number of hydrogen-bond donors (Lipinski definition) is 2. The number of nitrogens with zero attached hydrogens (tertiary/aromatic N) is 1. The van der Waals surface area contributed by atoms with E-state index in [1.54, 1.807) is 0 Å². The normalized spacial score (nSPS) is 18.8. The molecule has 0 saturated heterocycles. The fourth-order valence-electron chi connectivity index (χ4n) is 4.59. The van der Waals surface area contributed by atoms with E-state index in [1.165, 1.54) is 16.5 Å². The molecule has 1 unspecified atom stereocenters. The number of aliphatic hydroxyl groups is 1. The number of aliphatic hydroxyl groups excluding tert-OH is 1. The van der Waals surface area contributed by atoms with E-state index in [0.717, 1.165) is 35.2 Å². The maximum absolute atomic E-state index is 9.70. The van der Waals surface area contributed by atoms with Crippen LogP contribution in [0.4, 0.5) is 0 Å². The van der Waals surface area contributed by atoms with E-state index in [4.69, 9.17) is 4.74 Å². The summed E-state index contributed by atoms with van der Waals surface area (Å²) in [5.74, 6) is 0.399. The van der Waals surface area contributed by atoms with Gasteiger partial charge in [0.2, 0.25) is 0 Å². The molecule has 1 aliphatic heterocycles. The lowest BCUT2D eigenvalue weighted by atomic mass is 9.86. The molecule has 2 heterocycles. The van der Waals surface area contributed by atoms with Crippen molar-refractivity contribution < 1.29 is 9.84 Å². The van der Waals surface area contributed by atoms with Crippen LogP contribution < -0.4 is 0 Å². The lowest BCUT2D eigenvalue weighted by molar-refractivity contribution is -0.0795. The smallest absolute Gasteiger partial charge is 0.110 e. The molecule has 0 saturated carbocycles. The number of aromatic nitrogens is 1. The molecular weight excluding hydrogens is 360 g/mol. The third kappa shape index (κ3) is 3.25. The minimum absolute atomic E-state index is 0.0942. The number of nitrogens with one attached hydrogen (secondary N) is 1. The molecule has 29 heavy (non-hydrogen) atoms. The summed E-state index contributed by atoms with van der Waals surface area (Å²) in [5, 5.41) is 20.3. The second-order valence-corrected chi connectivity index (χ2v) is 8.24. The quantitative estimate of drug-likeness (QED) is 0.616. The van der Waals surface area contributed by atoms with E-state index >= 15 is 0 Å². The molecule has 0 aliphatic carbocycles. The summed E-state index contributed by atoms with van der Waals surface area (Å²) >= 11 is 0. The second kappa shape index (κ2) is 7.67. The predicted molar refractivity (Wildman–Crippen MR) is 116 cm³/mol. The summed E-state index contributed by atoms with van der Waals surface area (Å²) < 4.78 is 6.24. The van der Waals surface area contributed by atoms with Gasteiger partial charge in [-0.25, -0.2) is 0 Å². The fraction of sp³-hybridized carbons (Fsp3) is 0.400. The first-order chi connectivity index (χ1) is 14.0. The predicted octanol–water partition coefficient (Wildman–Crippen LogP) is 5.39. The molecule has 2 aromatic carbocycles. The molecule has 150 valence electrons. The van der Waals surface area contributed by atoms with Crippen LogP contribution in [-0.4, -0.2) is 23.3 Å². The summed E-state index contributed by atoms with van der Waals surface area (Å²) in [6, 6.07) is 14.6. The van der Waals surface area contributed by atoms with Crippen molar-refractivity contribution in [2.24, 2.45) is 0 Å². The van der Waals surface area contributed by atoms with Gasteiger partial charge in [-0.1, -0.05) is 32.9 Å². The van der Waals surface area contributed by atoms with Gasteiger partial charge in [-0.3, -0.25) is 0 Å². The SMILES string of the molecule is CCC1(CCO)OCCc2c1[nH]c1c(-c3cccc(C#N)c3)cc(C(C)C)cc21. The number of fused-ring (bicyclic) bond motifs is 3. The average Bonchev–Trinajstić information content (AvgIpc) is 3.13. The Balaban J connectivity index is 2.03. The van der Waals surface area contributed by atoms with Crippen LogP contribution in [0.5, 0.6) is 0 Å². The minimum atomic E-state index is -0.467. The third-order valence-electron chi connectivity index (χ3n) is 6.28. The lowest BCUT2D eigenvalue weighted by Gasteiger charge is -2.36. The summed E-state index contributed by atoms with van der Waals surface area (Å²) in [6.45, 7) is 7.30. The molecule has 4 rings (SSSR count). The maximum Gasteiger partial charge on any atom is 0.110 e. The fourth-order valence-corrected chi connectivity index (χ4v) is 4.59. The second-order valence-electron chi connectivity index (χ2n) is 8.24. The van der Waals surface area contributed by atoms with E-state index < -0.39 is 5.60 Å². The standard InChI is InChI=1S/C25H28N2O2/c1-4-25(9-10-28)24-20(8-11-29-25)22-14-19(16(2)3)13-21(23(22)27-24)18-7-5-6-17(12-18)15-26/h5-7,12-14,16,27-28H,4,8-11H2,1-3H3. The highest BCUT2D eigenvalue weighted by Gasteiger charge is 2.38. The first-order valence-corrected chi connectivity index (χ1v) is 10.5. The number of H-pyrrole nitrogens is 1. The highest BCUT2D eigenvalue weighted by atomic mass is 16.5. The Kier molecular flexibility index (Phi) is 5.21. The van der Waals surface area contributed by atoms with Crippen molar-refractivity contribution in [1.82, 2.24) is 4.98 Å². The van der Waals surface area contributed by atoms with E-state index in [9.17, 15) is 10.4 Å². The van der Waals surface area contributed by atoms with Gasteiger partial charge in [0.15, 0.2) is 0 Å². The van der Waals surface area contributed by atoms with Crippen molar-refractivity contribution in [3.05, 3.63) is 58.8 Å². The van der Waals surface area contributed by atoms with E-state index in [1.807, 2.05) is 18.2 Å². The molecule has 1 atom stereocenters. The minimum Gasteiger partial charge on any atom is -0.396 e. The van der Waals surface area contributed by atoms with Crippen molar-refractivity contribution in [2.45, 2.75) is 51.6 Å². The van der Waals surface area contributed by atoms with Crippen LogP contribution in [0.2, 0.25) is 0 Å². The molecule has 0 amide bonds. The molecule has 0 fully saturated rings. The van der Waals surface area contributed by atoms with Crippen molar-refractivity contribution in [3.8, 4) is 17.2 Å². The van der Waals surface area contributed by atoms with Gasteiger partial charge in [-0.05, 0) is 59.7 Å². The molecule has 2 N–H and O–H groups in total. The van der Waals surface area contributed by atoms with Gasteiger partial charge in [-0.15, -0.1) is 0 Å². The molecule has 1 aliphatic rings. The molecule has 0 radical (unpaired) electrons. The molecule has 1 aromatic heterocycles. The first kappa shape index (κ1) is 19.7. The van der Waals surface area contributed by atoms with Gasteiger partial charge in [0.05, 0.1) is 29.5 Å². The first-order valence-electron chi connectivity index (χ1n) is 10.5. The van der Waals surface area contributed by atoms with Gasteiger partial charge in [0, 0.05) is 24.0 Å². The Hall–Kier alpha value is -2.61. The van der Waals surface area contributed by atoms with Crippen LogP contribution in [0.15, 0.2) is 36.4 Å². The van der Waals surface area contributed by atoms with Crippen molar-refractivity contribution >= 4 is 10.9 Å². The topological polar surface area (TPSA) is 69.0 Å². The molecule has 0 bridgehead atoms. The number of ether oxygens (including phenoxy) is 1. The Morgan fingerprint density at radius 2 is 2.10 bits per heavy atom. The number of aromatic amines is 1. The Morgan fingerprint density at radius 1 is 1.28 bits per heavy atom. The maximum atomic E-state index is 9.70. The van der Waals surface area contributed by atoms with E-state index in [-0.39, 0.29) is 6.61 Å². The van der Waals surface area contributed by atoms with Crippen LogP contribution in [-0.2, 0) is 16.8 Å². The van der Waals surface area contributed by atoms with E-state index in [2.05, 4.69) is 50.0 Å². The van der Waals surface area contributed by atoms with Crippen LogP contribution in [0.1, 0.15) is 61.9 Å². The van der Waals surface area contributed by atoms with Gasteiger partial charge in [-0.2, -0.15) is 5.26 Å². The lowest BCUT2D eigenvalue weighted by Crippen LogP contribution is -2.36. The Labute approximate surface area is 172 Å². The number of benzene rings is 2. The van der Waals surface area contributed by atoms with Crippen molar-refractivity contribution in [1.29, 1.82) is 5.26 Å². The number of rotatable bonds is 5. The van der Waals surface area contributed by atoms with E-state index in [0.29, 0.717) is 24.5 Å². The zero-order chi connectivity index (χ0) is 20.6. The highest BCUT2D eigenvalue weighted by molar-refractivity contribution is 5.98. The number of hydrogen-bond acceptors (Lipinski definition) is 3. The van der Waals surface area contributed by atoms with Crippen LogP contribution >= 0.6 is 0 Å². The molecule has 0 spiro atoms. The van der Waals surface area contributed by atoms with Gasteiger partial charge in [0.1, 0.15) is 5.60 Å². The van der Waals surface area contributed by atoms with Crippen LogP contribution in [0, 0.1) is 11.3 Å². The largest absolute Gasteiger partial charge is 0.396 e. The summed E-state index contributed by atoms with van der Waals surface area (Å²) in [4.78, 5) is 3.69. The highest BCUT2D eigenvalue weighted by Crippen LogP contribution is 2.44. The molecule has 3 aromatic rings. The summed E-state index contributed by atoms with van der Waals surface area (Å²) in [6.07, 6.45) is 2.25. The summed E-state index contributed by atoms with van der Waals surface area (Å²) in [7, 11) is 0. The molecule has 4 nitrogen and oxygen atoms in total. The number of nitriles is 1. The van der Waals surface area contributed by atoms with Gasteiger partial charge < -0.3 is 14.8 Å². The molecular formula is C25H28N2O2. The van der Waals surface area contributed by atoms with Crippen molar-refractivity contribution in [3.63, 3.8) is 0 Å². The summed E-state index contributed by atoms with van der Waals surface area (Å²) in [5.41, 5.74) is 7.14. The molecule has 4 heteroatoms. The third-order valence-corrected chi connectivity index (χ3v) is 6.28. The zero-order valence-corrected chi connectivity index (χ0v) is 17.4. The van der Waals surface area contributed by atoms with Crippen molar-refractivity contribution in [2.75, 3.05) is 13.2 Å². The average molecular weight is 389 g/mol. The van der Waals surface area contributed by atoms with Gasteiger partial charge >= 0.3 is 0 Å². The monoisotopic (exact) mass is 388 g/mol. The van der Waals surface area contributed by atoms with Crippen LogP contribution in [0.3, 0.4) is 0 Å². The van der Waals surface area contributed by atoms with Crippen LogP contribution in [0.25, 0.3) is 22.0 Å². The Morgan fingerprint density at radius 3 is 2.79 bits per heavy atom. The zero-order valence-electron chi connectivity index (χ0n) is 17.4. The van der Waals surface area contributed by atoms with Gasteiger partial charge in [0.25, 0.3) is 0 Å². The Bertz CT molecular complexity index is 1090.